The van der Waals surface area contributed by atoms with E-state index in [-0.39, 0.29) is 7.43 Å². The molecule has 100 heavy (non-hydrogen) atoms. The lowest BCUT2D eigenvalue weighted by Gasteiger charge is -2.11. The molecule has 0 N–H and O–H groups in total. The molecular weight excluding hydrogens is 1410 g/mol. The minimum Gasteiger partial charge on any atom is -0.454 e. The van der Waals surface area contributed by atoms with Gasteiger partial charge in [-0.1, -0.05) is 258 Å². The maximum Gasteiger partial charge on any atom is 0.213 e. The van der Waals surface area contributed by atoms with Gasteiger partial charge in [0.2, 0.25) is 11.4 Å². The molecule has 22 aromatic rings. The van der Waals surface area contributed by atoms with E-state index < -0.39 is 0 Å². The number of furan rings is 4. The molecule has 0 saturated heterocycles. The fraction of sp³-hybridized carbons (Fsp3) is 0.0222. The number of para-hydroxylation sites is 11. The molecule has 14 aromatic carbocycles. The summed E-state index contributed by atoms with van der Waals surface area (Å²) in [5, 5.41) is 16.2. The van der Waals surface area contributed by atoms with Gasteiger partial charge in [-0.25, -0.2) is 0 Å². The molecule has 0 radical (unpaired) electrons. The van der Waals surface area contributed by atoms with Crippen LogP contribution < -0.4 is 0 Å². The molecule has 478 valence electrons. The molecule has 0 atom stereocenters. The van der Waals surface area contributed by atoms with Gasteiger partial charge >= 0.3 is 0 Å². The van der Waals surface area contributed by atoms with Gasteiger partial charge in [0.1, 0.15) is 22.3 Å². The quantitative estimate of drug-likeness (QED) is 0.127. The largest absolute Gasteiger partial charge is 0.454 e. The van der Waals surface area contributed by atoms with Crippen molar-refractivity contribution >= 4 is 192 Å². The summed E-state index contributed by atoms with van der Waals surface area (Å²) in [7, 11) is 0. The Balaban J connectivity index is 0.000000118. The molecule has 8 heterocycles. The minimum atomic E-state index is 0. The second-order valence-electron chi connectivity index (χ2n) is 24.7. The zero-order valence-corrected chi connectivity index (χ0v) is 57.0. The maximum absolute atomic E-state index is 6.79. The number of rotatable bonds is 5. The van der Waals surface area contributed by atoms with Crippen LogP contribution in [0.3, 0.4) is 0 Å². The van der Waals surface area contributed by atoms with Crippen LogP contribution in [0.4, 0.5) is 0 Å². The third kappa shape index (κ3) is 9.38. The lowest BCUT2D eigenvalue weighted by Crippen LogP contribution is -1.95. The first-order valence-corrected chi connectivity index (χ1v) is 35.9. The molecule has 8 nitrogen and oxygen atoms in total. The summed E-state index contributed by atoms with van der Waals surface area (Å²) in [4.78, 5) is 1.97. The second-order valence-corrected chi connectivity index (χ2v) is 25.5. The first-order chi connectivity index (χ1) is 49.1. The van der Waals surface area contributed by atoms with Gasteiger partial charge in [-0.3, -0.25) is 9.13 Å². The van der Waals surface area contributed by atoms with E-state index in [0.717, 1.165) is 137 Å². The Kier molecular flexibility index (Phi) is 14.9. The normalized spacial score (nSPS) is 11.7. The molecule has 0 amide bonds. The van der Waals surface area contributed by atoms with Crippen LogP contribution in [0.1, 0.15) is 7.43 Å². The standard InChI is InChI=1S/C44H26N2O2.C26H14BrNO2.C18H13N.CH3I.CH4/c1-2-12-28(13-3-1)45-35-18-8-4-14-30(35)34-26-27(22-24-37(34)45)29-23-25-38(43-41(29)32-16-6-10-20-39(32)47-43)46-36-19-9-5-15-31(36)42-33-17-7-11-21-40(33)48-44(42)46;27-18-13-14-20(25-24(18)17-9-3-5-11-21(17)29-25)28-19-10-4-1-7-15(19)23-16-8-2-6-12-22(16)30-26(23)28;1-2-8-14(9-3-1)19-17-12-6-4-10-15(17)16-11-5-7-13-18(16)19;1-2;/h1-26H;1-14H;1-13H;1H3;1H4. The average Bonchev–Trinajstić information content (AvgIpc) is 1.56. The van der Waals surface area contributed by atoms with E-state index in [0.29, 0.717) is 0 Å². The van der Waals surface area contributed by atoms with Gasteiger partial charge < -0.3 is 26.8 Å². The summed E-state index contributed by atoms with van der Waals surface area (Å²) < 4.78 is 36.3. The van der Waals surface area contributed by atoms with Crippen LogP contribution in [0.25, 0.3) is 187 Å². The Bertz CT molecular complexity index is 6870. The van der Waals surface area contributed by atoms with Crippen molar-refractivity contribution in [1.29, 1.82) is 0 Å². The maximum atomic E-state index is 6.79. The van der Waals surface area contributed by atoms with Crippen LogP contribution in [0.15, 0.2) is 344 Å². The van der Waals surface area contributed by atoms with E-state index >= 15 is 0 Å². The number of nitrogens with zero attached hydrogens (tertiary/aromatic N) is 4. The predicted molar refractivity (Wildman–Crippen MR) is 431 cm³/mol. The van der Waals surface area contributed by atoms with Crippen molar-refractivity contribution in [3.05, 3.63) is 326 Å². The summed E-state index contributed by atoms with van der Waals surface area (Å²) in [5.74, 6) is 0. The highest BCUT2D eigenvalue weighted by molar-refractivity contribution is 14.1. The van der Waals surface area contributed by atoms with Crippen LogP contribution in [0.5, 0.6) is 0 Å². The molecule has 0 aliphatic heterocycles. The van der Waals surface area contributed by atoms with Gasteiger partial charge in [-0.2, -0.15) is 0 Å². The molecule has 0 aliphatic carbocycles. The fourth-order valence-electron chi connectivity index (χ4n) is 15.3. The summed E-state index contributed by atoms with van der Waals surface area (Å²) in [6.45, 7) is 0. The molecule has 0 aliphatic rings. The van der Waals surface area contributed by atoms with Crippen LogP contribution in [0, 0.1) is 0 Å². The topological polar surface area (TPSA) is 72.3 Å². The third-order valence-electron chi connectivity index (χ3n) is 19.4. The first-order valence-electron chi connectivity index (χ1n) is 33.0. The molecule has 10 heteroatoms. The number of hydrogen-bond donors (Lipinski definition) is 0. The molecule has 0 saturated carbocycles. The predicted octanol–water partition coefficient (Wildman–Crippen LogP) is 26.9. The smallest absolute Gasteiger partial charge is 0.213 e. The van der Waals surface area contributed by atoms with E-state index in [1.165, 1.54) is 54.7 Å². The number of halogens is 2. The minimum absolute atomic E-state index is 0. The highest BCUT2D eigenvalue weighted by Crippen LogP contribution is 2.47. The number of benzene rings is 14. The number of aromatic nitrogens is 4. The van der Waals surface area contributed by atoms with Gasteiger partial charge in [0.25, 0.3) is 0 Å². The Morgan fingerprint density at radius 2 is 0.580 bits per heavy atom. The number of alkyl halides is 1. The molecule has 0 unspecified atom stereocenters. The molecule has 0 spiro atoms. The fourth-order valence-corrected chi connectivity index (χ4v) is 15.8. The van der Waals surface area contributed by atoms with Crippen LogP contribution in [-0.4, -0.2) is 23.2 Å². The summed E-state index contributed by atoms with van der Waals surface area (Å²) in [6.07, 6.45) is 0. The van der Waals surface area contributed by atoms with Gasteiger partial charge in [0.05, 0.1) is 55.2 Å². The first kappa shape index (κ1) is 60.6. The van der Waals surface area contributed by atoms with Crippen molar-refractivity contribution in [3.8, 4) is 33.9 Å². The van der Waals surface area contributed by atoms with Crippen molar-refractivity contribution in [2.75, 3.05) is 4.93 Å². The van der Waals surface area contributed by atoms with E-state index in [1.807, 2.05) is 53.5 Å². The Hall–Kier alpha value is -11.8. The average molecular weight is 1470 g/mol. The third-order valence-corrected chi connectivity index (χ3v) is 20.1. The number of fused-ring (bicyclic) bond motifs is 22. The van der Waals surface area contributed by atoms with Crippen LogP contribution in [-0.2, 0) is 0 Å². The van der Waals surface area contributed by atoms with E-state index in [4.69, 9.17) is 17.7 Å². The van der Waals surface area contributed by atoms with Crippen LogP contribution >= 0.6 is 38.5 Å². The molecular formula is C90H60BrIN4O4. The van der Waals surface area contributed by atoms with Crippen molar-refractivity contribution in [2.45, 2.75) is 7.43 Å². The van der Waals surface area contributed by atoms with Gasteiger partial charge in [0.15, 0.2) is 11.2 Å². The molecule has 22 rings (SSSR count). The zero-order valence-electron chi connectivity index (χ0n) is 53.3. The molecule has 0 bridgehead atoms. The second kappa shape index (κ2) is 24.6. The molecule has 8 aromatic heterocycles. The lowest BCUT2D eigenvalue weighted by atomic mass is 9.97. The molecule has 0 fully saturated rings. The Morgan fingerprint density at radius 1 is 0.260 bits per heavy atom. The van der Waals surface area contributed by atoms with Crippen molar-refractivity contribution < 1.29 is 17.7 Å². The highest BCUT2D eigenvalue weighted by Gasteiger charge is 2.26. The van der Waals surface area contributed by atoms with E-state index in [2.05, 4.69) is 330 Å². The zero-order chi connectivity index (χ0) is 65.8. The Labute approximate surface area is 595 Å². The number of hydrogen-bond acceptors (Lipinski definition) is 4. The van der Waals surface area contributed by atoms with E-state index in [1.54, 1.807) is 0 Å². The van der Waals surface area contributed by atoms with Gasteiger partial charge in [0, 0.05) is 80.5 Å². The van der Waals surface area contributed by atoms with Crippen molar-refractivity contribution in [1.82, 2.24) is 18.3 Å². The summed E-state index contributed by atoms with van der Waals surface area (Å²) >= 11 is 5.88. The Morgan fingerprint density at radius 3 is 1.03 bits per heavy atom. The van der Waals surface area contributed by atoms with Crippen molar-refractivity contribution in [2.24, 2.45) is 0 Å². The summed E-state index contributed by atoms with van der Waals surface area (Å²) in [5.41, 5.74) is 20.5. The van der Waals surface area contributed by atoms with Gasteiger partial charge in [-0.05, 0) is 125 Å². The van der Waals surface area contributed by atoms with E-state index in [9.17, 15) is 0 Å². The highest BCUT2D eigenvalue weighted by atomic mass is 127. The lowest BCUT2D eigenvalue weighted by molar-refractivity contribution is 0.639. The van der Waals surface area contributed by atoms with Gasteiger partial charge in [-0.15, -0.1) is 0 Å². The van der Waals surface area contributed by atoms with Crippen LogP contribution in [0.2, 0.25) is 0 Å². The SMILES string of the molecule is Brc1ccc(-n2c3ccccc3c3c4ccccc4oc32)c2oc3ccccc3c12.C.CI.c1ccc(-n2c3ccccc3c3cc(-c4ccc(-n5c6ccccc6c6c7ccccc7oc65)c5oc6ccccc6c45)ccc32)cc1.c1ccc(-n2c3ccccc3c3ccccc32)cc1. The monoisotopic (exact) mass is 1470 g/mol. The summed E-state index contributed by atoms with van der Waals surface area (Å²) in [6, 6.07) is 112. The van der Waals surface area contributed by atoms with Crippen molar-refractivity contribution in [3.63, 3.8) is 0 Å².